The van der Waals surface area contributed by atoms with E-state index in [2.05, 4.69) is 20.9 Å². The summed E-state index contributed by atoms with van der Waals surface area (Å²) in [7, 11) is 0. The molecule has 0 fully saturated rings. The highest BCUT2D eigenvalue weighted by Crippen LogP contribution is 2.31. The highest BCUT2D eigenvalue weighted by atomic mass is 79.9. The van der Waals surface area contributed by atoms with Crippen molar-refractivity contribution in [2.24, 2.45) is 0 Å². The molecular formula is C9H7BrCl2N2. The number of aromatic nitrogens is 2. The molecule has 0 aliphatic heterocycles. The maximum absolute atomic E-state index is 5.78. The Bertz CT molecular complexity index is 479. The molecule has 14 heavy (non-hydrogen) atoms. The van der Waals surface area contributed by atoms with Gasteiger partial charge < -0.3 is 0 Å². The van der Waals surface area contributed by atoms with Crippen LogP contribution in [-0.2, 0) is 0 Å². The summed E-state index contributed by atoms with van der Waals surface area (Å²) >= 11 is 15.0. The molecule has 0 atom stereocenters. The van der Waals surface area contributed by atoms with Crippen molar-refractivity contribution in [1.29, 1.82) is 0 Å². The molecule has 0 saturated carbocycles. The minimum absolute atomic E-state index is 0.607. The number of hydrogen-bond donors (Lipinski definition) is 0. The summed E-state index contributed by atoms with van der Waals surface area (Å²) in [4.78, 5) is 3.70. The minimum Gasteiger partial charge on any atom is -0.294 e. The Kier molecular flexibility index (Phi) is 2.73. The summed E-state index contributed by atoms with van der Waals surface area (Å²) in [6.45, 7) is 2.02. The third kappa shape index (κ3) is 1.64. The van der Waals surface area contributed by atoms with Crippen molar-refractivity contribution in [2.75, 3.05) is 0 Å². The van der Waals surface area contributed by atoms with Crippen LogP contribution in [-0.4, -0.2) is 9.38 Å². The first-order valence-electron chi connectivity index (χ1n) is 4.02. The van der Waals surface area contributed by atoms with E-state index < -0.39 is 4.84 Å². The second-order valence-corrected chi connectivity index (χ2v) is 4.87. The predicted molar refractivity (Wildman–Crippen MR) is 62.1 cm³/mol. The molecule has 2 rings (SSSR count). The molecule has 0 saturated heterocycles. The topological polar surface area (TPSA) is 17.3 Å². The monoisotopic (exact) mass is 292 g/mol. The van der Waals surface area contributed by atoms with E-state index >= 15 is 0 Å². The second kappa shape index (κ2) is 3.72. The van der Waals surface area contributed by atoms with E-state index in [1.807, 2.05) is 29.7 Å². The van der Waals surface area contributed by atoms with Gasteiger partial charge in [-0.1, -0.05) is 29.3 Å². The number of rotatable bonds is 1. The van der Waals surface area contributed by atoms with Crippen LogP contribution in [0.15, 0.2) is 22.9 Å². The van der Waals surface area contributed by atoms with Crippen molar-refractivity contribution in [3.8, 4) is 0 Å². The summed E-state index contributed by atoms with van der Waals surface area (Å²) in [5.74, 6) is 0. The third-order valence-electron chi connectivity index (χ3n) is 1.94. The van der Waals surface area contributed by atoms with Crippen molar-refractivity contribution in [3.63, 3.8) is 0 Å². The molecule has 0 unspecified atom stereocenters. The van der Waals surface area contributed by atoms with Crippen LogP contribution in [0.2, 0.25) is 0 Å². The standard InChI is InChI=1S/C9H7BrCl2N2/c1-5-2-3-6-13-7(9(11)12)8(10)14(6)4-5/h2-4,9H,1H3. The molecule has 74 valence electrons. The van der Waals surface area contributed by atoms with Crippen LogP contribution < -0.4 is 0 Å². The Morgan fingerprint density at radius 2 is 2.14 bits per heavy atom. The number of imidazole rings is 1. The highest BCUT2D eigenvalue weighted by Gasteiger charge is 2.15. The minimum atomic E-state index is -0.607. The molecule has 0 amide bonds. The summed E-state index contributed by atoms with van der Waals surface area (Å²) in [6.07, 6.45) is 1.98. The number of hydrogen-bond acceptors (Lipinski definition) is 1. The first-order valence-corrected chi connectivity index (χ1v) is 5.68. The second-order valence-electron chi connectivity index (χ2n) is 3.02. The summed E-state index contributed by atoms with van der Waals surface area (Å²) < 4.78 is 2.73. The molecule has 0 aliphatic carbocycles. The number of aryl methyl sites for hydroxylation is 1. The van der Waals surface area contributed by atoms with Gasteiger partial charge in [-0.25, -0.2) is 4.98 Å². The number of fused-ring (bicyclic) bond motifs is 1. The summed E-state index contributed by atoms with van der Waals surface area (Å²) in [5.41, 5.74) is 2.64. The van der Waals surface area contributed by atoms with Crippen LogP contribution in [0.3, 0.4) is 0 Å². The molecule has 0 spiro atoms. The van der Waals surface area contributed by atoms with E-state index in [1.165, 1.54) is 0 Å². The normalized spacial score (nSPS) is 11.5. The molecule has 5 heteroatoms. The predicted octanol–water partition coefficient (Wildman–Crippen LogP) is 3.88. The third-order valence-corrected chi connectivity index (χ3v) is 3.14. The number of nitrogens with zero attached hydrogens (tertiary/aromatic N) is 2. The van der Waals surface area contributed by atoms with Crippen LogP contribution in [0.1, 0.15) is 16.1 Å². The molecule has 2 aromatic rings. The Morgan fingerprint density at radius 3 is 2.79 bits per heavy atom. The van der Waals surface area contributed by atoms with Gasteiger partial charge in [-0.3, -0.25) is 4.40 Å². The quantitative estimate of drug-likeness (QED) is 0.729. The van der Waals surface area contributed by atoms with Gasteiger partial charge in [0.05, 0.1) is 0 Å². The Labute approximate surface area is 100.0 Å². The average Bonchev–Trinajstić information content (AvgIpc) is 2.44. The first-order chi connectivity index (χ1) is 6.59. The Morgan fingerprint density at radius 1 is 1.43 bits per heavy atom. The van der Waals surface area contributed by atoms with E-state index in [0.717, 1.165) is 15.8 Å². The number of alkyl halides is 2. The van der Waals surface area contributed by atoms with Crippen LogP contribution >= 0.6 is 39.1 Å². The lowest BCUT2D eigenvalue weighted by molar-refractivity contribution is 1.11. The zero-order valence-electron chi connectivity index (χ0n) is 7.34. The van der Waals surface area contributed by atoms with Crippen molar-refractivity contribution < 1.29 is 0 Å². The zero-order chi connectivity index (χ0) is 10.3. The van der Waals surface area contributed by atoms with Gasteiger partial charge in [0.15, 0.2) is 4.84 Å². The van der Waals surface area contributed by atoms with Crippen molar-refractivity contribution in [3.05, 3.63) is 34.2 Å². The molecule has 2 aromatic heterocycles. The van der Waals surface area contributed by atoms with Crippen LogP contribution in [0.25, 0.3) is 5.65 Å². The van der Waals surface area contributed by atoms with E-state index in [0.29, 0.717) is 5.69 Å². The molecule has 0 radical (unpaired) electrons. The molecule has 2 nitrogen and oxygen atoms in total. The van der Waals surface area contributed by atoms with Gasteiger partial charge in [-0.2, -0.15) is 0 Å². The number of halogens is 3. The fourth-order valence-corrected chi connectivity index (χ4v) is 2.45. The van der Waals surface area contributed by atoms with Crippen LogP contribution in [0.4, 0.5) is 0 Å². The lowest BCUT2D eigenvalue weighted by Crippen LogP contribution is -1.86. The molecule has 0 aromatic carbocycles. The van der Waals surface area contributed by atoms with Crippen LogP contribution in [0, 0.1) is 6.92 Å². The van der Waals surface area contributed by atoms with Gasteiger partial charge in [-0.15, -0.1) is 0 Å². The van der Waals surface area contributed by atoms with Gasteiger partial charge in [0.2, 0.25) is 0 Å². The van der Waals surface area contributed by atoms with Gasteiger partial charge in [0, 0.05) is 6.20 Å². The zero-order valence-corrected chi connectivity index (χ0v) is 10.4. The first kappa shape index (κ1) is 10.3. The fourth-order valence-electron chi connectivity index (χ4n) is 1.28. The number of pyridine rings is 1. The smallest absolute Gasteiger partial charge is 0.152 e. The molecule has 2 heterocycles. The van der Waals surface area contributed by atoms with Gasteiger partial charge in [-0.05, 0) is 34.5 Å². The molecule has 0 aliphatic rings. The van der Waals surface area contributed by atoms with Gasteiger partial charge in [0.25, 0.3) is 0 Å². The van der Waals surface area contributed by atoms with Gasteiger partial charge in [0.1, 0.15) is 15.9 Å². The van der Waals surface area contributed by atoms with Crippen molar-refractivity contribution in [1.82, 2.24) is 9.38 Å². The maximum atomic E-state index is 5.78. The van der Waals surface area contributed by atoms with Crippen molar-refractivity contribution >= 4 is 44.8 Å². The molecule has 0 N–H and O–H groups in total. The van der Waals surface area contributed by atoms with Gasteiger partial charge >= 0.3 is 0 Å². The van der Waals surface area contributed by atoms with Crippen molar-refractivity contribution in [2.45, 2.75) is 11.8 Å². The fraction of sp³-hybridized carbons (Fsp3) is 0.222. The molecular weight excluding hydrogens is 287 g/mol. The van der Waals surface area contributed by atoms with E-state index in [-0.39, 0.29) is 0 Å². The summed E-state index contributed by atoms with van der Waals surface area (Å²) in [5, 5.41) is 0. The van der Waals surface area contributed by atoms with E-state index in [9.17, 15) is 0 Å². The largest absolute Gasteiger partial charge is 0.294 e. The molecule has 0 bridgehead atoms. The highest BCUT2D eigenvalue weighted by molar-refractivity contribution is 9.10. The Hall–Kier alpha value is -0.250. The van der Waals surface area contributed by atoms with Crippen LogP contribution in [0.5, 0.6) is 0 Å². The maximum Gasteiger partial charge on any atom is 0.152 e. The van der Waals surface area contributed by atoms with E-state index in [4.69, 9.17) is 23.2 Å². The van der Waals surface area contributed by atoms with E-state index in [1.54, 1.807) is 0 Å². The lowest BCUT2D eigenvalue weighted by atomic mass is 10.3. The average molecular weight is 294 g/mol. The summed E-state index contributed by atoms with van der Waals surface area (Å²) in [6, 6.07) is 3.93. The SMILES string of the molecule is Cc1ccc2nc(C(Cl)Cl)c(Br)n2c1. The lowest BCUT2D eigenvalue weighted by Gasteiger charge is -1.97. The Balaban J connectivity index is 2.74.